The van der Waals surface area contributed by atoms with Crippen LogP contribution in [-0.2, 0) is 0 Å². The van der Waals surface area contributed by atoms with Gasteiger partial charge in [-0.25, -0.2) is 13.8 Å². The fourth-order valence-electron chi connectivity index (χ4n) is 4.49. The van der Waals surface area contributed by atoms with Crippen LogP contribution in [0, 0.1) is 5.82 Å². The number of hydrogen-bond acceptors (Lipinski definition) is 4. The summed E-state index contributed by atoms with van der Waals surface area (Å²) in [7, 11) is 0. The van der Waals surface area contributed by atoms with Gasteiger partial charge in [-0.2, -0.15) is 0 Å². The number of fused-ring (bicyclic) bond motifs is 2. The Bertz CT molecular complexity index is 1930. The summed E-state index contributed by atoms with van der Waals surface area (Å²) in [5.74, 6) is -0.468. The van der Waals surface area contributed by atoms with E-state index in [9.17, 15) is 14.0 Å². The molecule has 3 aromatic carbocycles. The molecule has 0 atom stereocenters. The van der Waals surface area contributed by atoms with Crippen molar-refractivity contribution in [1.29, 1.82) is 0 Å². The fourth-order valence-corrected chi connectivity index (χ4v) is 4.77. The van der Waals surface area contributed by atoms with E-state index in [0.29, 0.717) is 43.9 Å². The molecule has 0 radical (unpaired) electrons. The van der Waals surface area contributed by atoms with Crippen LogP contribution in [0.15, 0.2) is 101 Å². The highest BCUT2D eigenvalue weighted by Gasteiger charge is 2.16. The second-order valence-electron chi connectivity index (χ2n) is 8.27. The number of rotatable bonds is 3. The van der Waals surface area contributed by atoms with Gasteiger partial charge in [-0.05, 0) is 35.4 Å². The Morgan fingerprint density at radius 2 is 1.64 bits per heavy atom. The van der Waals surface area contributed by atoms with E-state index >= 15 is 0 Å². The number of H-pyrrole nitrogens is 1. The molecule has 1 N–H and O–H groups in total. The third-order valence-corrected chi connectivity index (χ3v) is 6.42. The Morgan fingerprint density at radius 1 is 0.806 bits per heavy atom. The summed E-state index contributed by atoms with van der Waals surface area (Å²) in [6.07, 6.45) is 5.87. The Hall–Kier alpha value is -4.62. The van der Waals surface area contributed by atoms with Gasteiger partial charge in [-0.15, -0.1) is 0 Å². The number of aromatic amines is 1. The molecule has 6 nitrogen and oxygen atoms in total. The van der Waals surface area contributed by atoms with Crippen LogP contribution < -0.4 is 11.2 Å². The van der Waals surface area contributed by atoms with Gasteiger partial charge in [0.15, 0.2) is 0 Å². The van der Waals surface area contributed by atoms with Crippen molar-refractivity contribution in [3.05, 3.63) is 123 Å². The first kappa shape index (κ1) is 21.9. The predicted molar refractivity (Wildman–Crippen MR) is 139 cm³/mol. The lowest BCUT2D eigenvalue weighted by Crippen LogP contribution is -2.33. The largest absolute Gasteiger partial charge is 0.333 e. The van der Waals surface area contributed by atoms with Gasteiger partial charge in [0.05, 0.1) is 29.0 Å². The summed E-state index contributed by atoms with van der Waals surface area (Å²) in [6.45, 7) is 0. The van der Waals surface area contributed by atoms with Crippen LogP contribution in [0.25, 0.3) is 49.6 Å². The van der Waals surface area contributed by atoms with Gasteiger partial charge in [-0.3, -0.25) is 14.8 Å². The molecule has 0 aliphatic carbocycles. The van der Waals surface area contributed by atoms with Crippen molar-refractivity contribution in [2.75, 3.05) is 0 Å². The highest BCUT2D eigenvalue weighted by Crippen LogP contribution is 2.38. The lowest BCUT2D eigenvalue weighted by atomic mass is 9.94. The van der Waals surface area contributed by atoms with Gasteiger partial charge < -0.3 is 4.98 Å². The summed E-state index contributed by atoms with van der Waals surface area (Å²) in [5, 5.41) is 2.32. The minimum atomic E-state index is -0.587. The Kier molecular flexibility index (Phi) is 5.20. The van der Waals surface area contributed by atoms with Crippen LogP contribution in [0.5, 0.6) is 0 Å². The monoisotopic (exact) mass is 494 g/mol. The number of halogens is 2. The Morgan fingerprint density at radius 3 is 2.50 bits per heavy atom. The van der Waals surface area contributed by atoms with E-state index in [-0.39, 0.29) is 0 Å². The summed E-state index contributed by atoms with van der Waals surface area (Å²) < 4.78 is 15.0. The SMILES string of the molecule is O=c1[nH]c2cc(-c3c(Cl)cccc3-c3cncc(F)c3)ccc2c(=O)n1-c1cncc2ccccc12. The molecule has 0 spiro atoms. The van der Waals surface area contributed by atoms with Gasteiger partial charge in [-0.1, -0.05) is 54.1 Å². The van der Waals surface area contributed by atoms with E-state index in [4.69, 9.17) is 11.6 Å². The molecule has 0 unspecified atom stereocenters. The average molecular weight is 495 g/mol. The minimum absolute atomic E-state index is 0.326. The van der Waals surface area contributed by atoms with Crippen molar-refractivity contribution in [2.45, 2.75) is 0 Å². The number of aromatic nitrogens is 4. The van der Waals surface area contributed by atoms with Crippen molar-refractivity contribution in [2.24, 2.45) is 0 Å². The summed E-state index contributed by atoms with van der Waals surface area (Å²) in [4.78, 5) is 37.6. The highest BCUT2D eigenvalue weighted by molar-refractivity contribution is 6.34. The van der Waals surface area contributed by atoms with E-state index in [1.165, 1.54) is 12.3 Å². The summed E-state index contributed by atoms with van der Waals surface area (Å²) in [6, 6.07) is 19.2. The zero-order chi connectivity index (χ0) is 24.8. The van der Waals surface area contributed by atoms with Gasteiger partial charge in [0.25, 0.3) is 5.56 Å². The second kappa shape index (κ2) is 8.55. The van der Waals surface area contributed by atoms with E-state index in [2.05, 4.69) is 15.0 Å². The molecular formula is C28H16ClFN4O2. The van der Waals surface area contributed by atoms with Crippen LogP contribution in [0.3, 0.4) is 0 Å². The van der Waals surface area contributed by atoms with Crippen LogP contribution in [0.2, 0.25) is 5.02 Å². The molecular weight excluding hydrogens is 479 g/mol. The van der Waals surface area contributed by atoms with Crippen LogP contribution in [0.4, 0.5) is 4.39 Å². The van der Waals surface area contributed by atoms with E-state index in [0.717, 1.165) is 21.5 Å². The second-order valence-corrected chi connectivity index (χ2v) is 8.67. The van der Waals surface area contributed by atoms with E-state index < -0.39 is 17.1 Å². The lowest BCUT2D eigenvalue weighted by Gasteiger charge is -2.13. The zero-order valence-corrected chi connectivity index (χ0v) is 19.3. The Balaban J connectivity index is 1.57. The third-order valence-electron chi connectivity index (χ3n) is 6.10. The topological polar surface area (TPSA) is 80.6 Å². The number of pyridine rings is 2. The zero-order valence-electron chi connectivity index (χ0n) is 18.6. The first-order chi connectivity index (χ1) is 17.5. The summed E-state index contributed by atoms with van der Waals surface area (Å²) in [5.41, 5.74) is 2.23. The molecule has 174 valence electrons. The van der Waals surface area contributed by atoms with Crippen molar-refractivity contribution in [3.63, 3.8) is 0 Å². The van der Waals surface area contributed by atoms with Gasteiger partial charge >= 0.3 is 5.69 Å². The quantitative estimate of drug-likeness (QED) is 0.340. The van der Waals surface area contributed by atoms with Crippen LogP contribution >= 0.6 is 11.6 Å². The third kappa shape index (κ3) is 3.57. The molecule has 0 bridgehead atoms. The molecule has 8 heteroatoms. The minimum Gasteiger partial charge on any atom is -0.306 e. The molecule has 0 amide bonds. The molecule has 6 aromatic rings. The van der Waals surface area contributed by atoms with Crippen molar-refractivity contribution in [3.8, 4) is 27.9 Å². The predicted octanol–water partition coefficient (Wildman–Crippen LogP) is 5.75. The fraction of sp³-hybridized carbons (Fsp3) is 0. The summed E-state index contributed by atoms with van der Waals surface area (Å²) >= 11 is 6.57. The van der Waals surface area contributed by atoms with Crippen LogP contribution in [-0.4, -0.2) is 19.5 Å². The molecule has 0 saturated heterocycles. The molecule has 3 heterocycles. The first-order valence-electron chi connectivity index (χ1n) is 11.0. The van der Waals surface area contributed by atoms with Crippen LogP contribution in [0.1, 0.15) is 0 Å². The highest BCUT2D eigenvalue weighted by atomic mass is 35.5. The molecule has 36 heavy (non-hydrogen) atoms. The maximum absolute atomic E-state index is 13.9. The number of nitrogens with zero attached hydrogens (tertiary/aromatic N) is 3. The first-order valence-corrected chi connectivity index (χ1v) is 11.4. The molecule has 3 aromatic heterocycles. The van der Waals surface area contributed by atoms with Gasteiger partial charge in [0.1, 0.15) is 5.82 Å². The van der Waals surface area contributed by atoms with Gasteiger partial charge in [0.2, 0.25) is 0 Å². The lowest BCUT2D eigenvalue weighted by molar-refractivity contribution is 0.622. The molecule has 0 aliphatic rings. The van der Waals surface area contributed by atoms with Crippen molar-refractivity contribution >= 4 is 33.3 Å². The molecule has 0 fully saturated rings. The van der Waals surface area contributed by atoms with E-state index in [1.54, 1.807) is 42.7 Å². The normalized spacial score (nSPS) is 11.3. The smallest absolute Gasteiger partial charge is 0.306 e. The Labute approximate surface area is 208 Å². The number of hydrogen-bond donors (Lipinski definition) is 1. The van der Waals surface area contributed by atoms with Gasteiger partial charge in [0, 0.05) is 39.3 Å². The molecule has 0 aliphatic heterocycles. The molecule has 6 rings (SSSR count). The van der Waals surface area contributed by atoms with Crippen molar-refractivity contribution < 1.29 is 4.39 Å². The van der Waals surface area contributed by atoms with E-state index in [1.807, 2.05) is 30.3 Å². The maximum Gasteiger partial charge on any atom is 0.333 e. The standard InChI is InChI=1S/C28H16ClFN4O2/c29-23-7-3-6-21(18-10-19(30)14-31-13-18)26(23)16-8-9-22-24(11-16)33-28(36)34(27(22)35)25-15-32-12-17-4-1-2-5-20(17)25/h1-15H,(H,33,36). The molecule has 0 saturated carbocycles. The average Bonchev–Trinajstić information content (AvgIpc) is 2.88. The van der Waals surface area contributed by atoms with Crippen molar-refractivity contribution in [1.82, 2.24) is 19.5 Å². The number of benzene rings is 3. The maximum atomic E-state index is 13.9. The number of nitrogens with one attached hydrogen (secondary N) is 1.